The van der Waals surface area contributed by atoms with Crippen LogP contribution in [0.15, 0.2) is 175 Å². The molecule has 64 heavy (non-hydrogen) atoms. The van der Waals surface area contributed by atoms with Crippen LogP contribution >= 0.6 is 0 Å². The van der Waals surface area contributed by atoms with Crippen LogP contribution < -0.4 is 0 Å². The molecule has 7 aromatic carbocycles. The molecule has 9 rings (SSSR count). The van der Waals surface area contributed by atoms with E-state index in [2.05, 4.69) is 235 Å². The molecule has 0 amide bonds. The SMILES string of the molecule is C/C=C1/C(c2cc(-c3ccc(C)cc3)ccc2C)=C(C)c2cccc(C)c21.C/C=C\C1=C(CC)c2ccc(C)cc2C1(C)C.CC.Cc1ccc2ccccc2c1.Cc1ccccc1. The molecule has 0 N–H and O–H groups in total. The van der Waals surface area contributed by atoms with E-state index < -0.39 is 0 Å². The van der Waals surface area contributed by atoms with Crippen molar-refractivity contribution in [2.75, 3.05) is 0 Å². The maximum Gasteiger partial charge on any atom is 0.0155 e. The molecular formula is C64H72. The monoisotopic (exact) mass is 841 g/mol. The summed E-state index contributed by atoms with van der Waals surface area (Å²) in [7, 11) is 0. The number of hydrogen-bond acceptors (Lipinski definition) is 0. The van der Waals surface area contributed by atoms with Gasteiger partial charge in [-0.3, -0.25) is 0 Å². The molecule has 2 aliphatic carbocycles. The third kappa shape index (κ3) is 11.1. The van der Waals surface area contributed by atoms with Crippen molar-refractivity contribution >= 4 is 33.1 Å². The van der Waals surface area contributed by atoms with Crippen molar-refractivity contribution < 1.29 is 0 Å². The van der Waals surface area contributed by atoms with Gasteiger partial charge in [-0.15, -0.1) is 0 Å². The normalized spacial score (nSPS) is 13.8. The number of rotatable bonds is 4. The van der Waals surface area contributed by atoms with Crippen molar-refractivity contribution in [1.82, 2.24) is 0 Å². The van der Waals surface area contributed by atoms with Gasteiger partial charge in [0.2, 0.25) is 0 Å². The van der Waals surface area contributed by atoms with E-state index in [0.29, 0.717) is 0 Å². The van der Waals surface area contributed by atoms with E-state index in [4.69, 9.17) is 0 Å². The Labute approximate surface area is 387 Å². The number of allylic oxidation sites excluding steroid dienone is 8. The maximum absolute atomic E-state index is 2.36. The molecule has 0 nitrogen and oxygen atoms in total. The van der Waals surface area contributed by atoms with Crippen LogP contribution in [-0.2, 0) is 5.41 Å². The van der Waals surface area contributed by atoms with Gasteiger partial charge in [-0.05, 0) is 164 Å². The van der Waals surface area contributed by atoms with Gasteiger partial charge < -0.3 is 0 Å². The van der Waals surface area contributed by atoms with Crippen LogP contribution in [0.25, 0.3) is 44.2 Å². The van der Waals surface area contributed by atoms with Crippen LogP contribution in [0, 0.1) is 41.5 Å². The average molecular weight is 841 g/mol. The number of fused-ring (bicyclic) bond motifs is 3. The van der Waals surface area contributed by atoms with Crippen molar-refractivity contribution in [3.8, 4) is 11.1 Å². The Kier molecular flexibility index (Phi) is 17.1. The Hall–Kier alpha value is -6.24. The molecular weight excluding hydrogens is 769 g/mol. The van der Waals surface area contributed by atoms with Crippen LogP contribution in [0.1, 0.15) is 123 Å². The standard InChI is InChI=1S/C27H26.C17H22.C11H10.C7H8.C2H6/c1-6-23-26-19(4)8-7-9-24(26)20(5)27(23)25-16-22(15-12-18(25)3)21-13-10-17(2)11-14-21;1-6-8-15-13(7-2)14-10-9-12(3)11-16(14)17(15,4)5;1-9-6-7-10-4-2-3-5-11(10)8-9;1-7-5-3-2-4-6-7;1-2/h6-16H,1-5H3;6,8-11H,7H2,1-5H3;2-8H,1H3;2-6H,1H3;1-2H3/b23-6+;8-6-;;;. The van der Waals surface area contributed by atoms with Gasteiger partial charge in [-0.25, -0.2) is 0 Å². The summed E-state index contributed by atoms with van der Waals surface area (Å²) < 4.78 is 0. The summed E-state index contributed by atoms with van der Waals surface area (Å²) in [6.45, 7) is 30.4. The summed E-state index contributed by atoms with van der Waals surface area (Å²) >= 11 is 0. The lowest BCUT2D eigenvalue weighted by Crippen LogP contribution is -2.16. The summed E-state index contributed by atoms with van der Waals surface area (Å²) in [6, 6.07) is 54.4. The number of hydrogen-bond donors (Lipinski definition) is 0. The lowest BCUT2D eigenvalue weighted by atomic mass is 9.80. The third-order valence-electron chi connectivity index (χ3n) is 12.5. The molecule has 0 saturated carbocycles. The molecule has 0 radical (unpaired) electrons. The van der Waals surface area contributed by atoms with Gasteiger partial charge in [0, 0.05) is 5.41 Å². The van der Waals surface area contributed by atoms with E-state index in [0.717, 1.165) is 6.42 Å². The van der Waals surface area contributed by atoms with Crippen LogP contribution in [-0.4, -0.2) is 0 Å². The quantitative estimate of drug-likeness (QED) is 0.166. The van der Waals surface area contributed by atoms with Gasteiger partial charge in [0.25, 0.3) is 0 Å². The molecule has 0 spiro atoms. The van der Waals surface area contributed by atoms with E-state index in [1.165, 1.54) is 111 Å². The fraction of sp³-hybridized carbons (Fsp3) is 0.250. The van der Waals surface area contributed by atoms with Crippen molar-refractivity contribution in [3.05, 3.63) is 237 Å². The lowest BCUT2D eigenvalue weighted by molar-refractivity contribution is 0.653. The Bertz CT molecular complexity index is 2800. The van der Waals surface area contributed by atoms with Gasteiger partial charge >= 0.3 is 0 Å². The zero-order valence-electron chi connectivity index (χ0n) is 41.4. The predicted molar refractivity (Wildman–Crippen MR) is 286 cm³/mol. The van der Waals surface area contributed by atoms with Gasteiger partial charge in [-0.1, -0.05) is 221 Å². The second-order valence-electron chi connectivity index (χ2n) is 17.5. The Morgan fingerprint density at radius 1 is 0.484 bits per heavy atom. The van der Waals surface area contributed by atoms with Crippen molar-refractivity contribution in [3.63, 3.8) is 0 Å². The highest BCUT2D eigenvalue weighted by atomic mass is 14.4. The summed E-state index contributed by atoms with van der Waals surface area (Å²) in [5.74, 6) is 0. The van der Waals surface area contributed by atoms with Gasteiger partial charge in [0.1, 0.15) is 0 Å². The minimum atomic E-state index is 0.152. The summed E-state index contributed by atoms with van der Waals surface area (Å²) in [5, 5.41) is 2.64. The Balaban J connectivity index is 0.000000177. The second kappa shape index (κ2) is 22.4. The smallest absolute Gasteiger partial charge is 0.0155 e. The Morgan fingerprint density at radius 2 is 1.08 bits per heavy atom. The van der Waals surface area contributed by atoms with Crippen LogP contribution in [0.4, 0.5) is 0 Å². The van der Waals surface area contributed by atoms with Crippen LogP contribution in [0.5, 0.6) is 0 Å². The molecule has 0 heteroatoms. The van der Waals surface area contributed by atoms with E-state index in [-0.39, 0.29) is 5.41 Å². The molecule has 0 heterocycles. The first-order valence-corrected chi connectivity index (χ1v) is 23.4. The van der Waals surface area contributed by atoms with E-state index in [1.54, 1.807) is 0 Å². The van der Waals surface area contributed by atoms with E-state index in [1.807, 2.05) is 32.0 Å². The molecule has 0 bridgehead atoms. The largest absolute Gasteiger partial charge is 0.0873 e. The minimum Gasteiger partial charge on any atom is -0.0873 e. The molecule has 328 valence electrons. The highest BCUT2D eigenvalue weighted by Gasteiger charge is 2.35. The highest BCUT2D eigenvalue weighted by molar-refractivity contribution is 6.22. The van der Waals surface area contributed by atoms with Crippen molar-refractivity contribution in [1.29, 1.82) is 0 Å². The average Bonchev–Trinajstić information content (AvgIpc) is 3.71. The third-order valence-corrected chi connectivity index (χ3v) is 12.5. The fourth-order valence-electron chi connectivity index (χ4n) is 9.06. The fourth-order valence-corrected chi connectivity index (χ4v) is 9.06. The maximum atomic E-state index is 2.36. The molecule has 0 atom stereocenters. The molecule has 2 aliphatic rings. The first-order chi connectivity index (χ1) is 30.8. The Morgan fingerprint density at radius 3 is 1.70 bits per heavy atom. The molecule has 0 aliphatic heterocycles. The first-order valence-electron chi connectivity index (χ1n) is 23.4. The van der Waals surface area contributed by atoms with Gasteiger partial charge in [0.15, 0.2) is 0 Å². The minimum absolute atomic E-state index is 0.152. The number of benzene rings is 7. The highest BCUT2D eigenvalue weighted by Crippen LogP contribution is 2.49. The zero-order chi connectivity index (χ0) is 46.6. The summed E-state index contributed by atoms with van der Waals surface area (Å²) in [6.07, 6.45) is 7.83. The first kappa shape index (κ1) is 48.8. The molecule has 0 fully saturated rings. The predicted octanol–water partition coefficient (Wildman–Crippen LogP) is 18.8. The molecule has 7 aromatic rings. The summed E-state index contributed by atoms with van der Waals surface area (Å²) in [5.41, 5.74) is 24.9. The van der Waals surface area contributed by atoms with E-state index in [9.17, 15) is 0 Å². The van der Waals surface area contributed by atoms with Gasteiger partial charge in [0.05, 0.1) is 0 Å². The van der Waals surface area contributed by atoms with Crippen LogP contribution in [0.2, 0.25) is 0 Å². The number of aryl methyl sites for hydroxylation is 6. The van der Waals surface area contributed by atoms with Crippen molar-refractivity contribution in [2.24, 2.45) is 0 Å². The summed E-state index contributed by atoms with van der Waals surface area (Å²) in [4.78, 5) is 0. The van der Waals surface area contributed by atoms with Gasteiger partial charge in [-0.2, -0.15) is 0 Å². The molecule has 0 aromatic heterocycles. The van der Waals surface area contributed by atoms with E-state index >= 15 is 0 Å². The lowest BCUT2D eigenvalue weighted by Gasteiger charge is -2.23. The van der Waals surface area contributed by atoms with Crippen LogP contribution in [0.3, 0.4) is 0 Å². The topological polar surface area (TPSA) is 0 Å². The van der Waals surface area contributed by atoms with Crippen molar-refractivity contribution in [2.45, 2.75) is 109 Å². The second-order valence-corrected chi connectivity index (χ2v) is 17.5. The zero-order valence-corrected chi connectivity index (χ0v) is 41.4. The molecule has 0 saturated heterocycles. The molecule has 0 unspecified atom stereocenters.